The van der Waals surface area contributed by atoms with Gasteiger partial charge in [0.1, 0.15) is 12.0 Å². The summed E-state index contributed by atoms with van der Waals surface area (Å²) in [4.78, 5) is 18.2. The number of benzene rings is 1. The van der Waals surface area contributed by atoms with E-state index in [1.54, 1.807) is 30.1 Å². The van der Waals surface area contributed by atoms with Crippen LogP contribution in [0.15, 0.2) is 28.9 Å². The van der Waals surface area contributed by atoms with Crippen LogP contribution in [0, 0.1) is 5.41 Å². The van der Waals surface area contributed by atoms with Crippen LogP contribution < -0.4 is 14.2 Å². The van der Waals surface area contributed by atoms with Crippen LogP contribution in [0.5, 0.6) is 17.2 Å². The predicted octanol–water partition coefficient (Wildman–Crippen LogP) is 1.83. The lowest BCUT2D eigenvalue weighted by atomic mass is 10.1. The molecule has 0 spiro atoms. The summed E-state index contributed by atoms with van der Waals surface area (Å²) < 4.78 is 21.5. The number of amides is 1. The Hall–Kier alpha value is -2.74. The van der Waals surface area contributed by atoms with Gasteiger partial charge in [-0.1, -0.05) is 0 Å². The van der Waals surface area contributed by atoms with Gasteiger partial charge in [-0.3, -0.25) is 4.79 Å². The second kappa shape index (κ2) is 6.53. The highest BCUT2D eigenvalue weighted by molar-refractivity contribution is 5.91. The maximum absolute atomic E-state index is 12.4. The minimum Gasteiger partial charge on any atom is -0.484 e. The lowest BCUT2D eigenvalue weighted by molar-refractivity contribution is 0.0727. The fourth-order valence-electron chi connectivity index (χ4n) is 2.90. The Morgan fingerprint density at radius 3 is 2.92 bits per heavy atom. The Kier molecular flexibility index (Phi) is 4.20. The number of oxazole rings is 1. The first kappa shape index (κ1) is 16.7. The number of hydrogen-bond donors (Lipinski definition) is 1. The van der Waals surface area contributed by atoms with Gasteiger partial charge < -0.3 is 28.6 Å². The monoisotopic (exact) mass is 360 g/mol. The molecule has 138 valence electrons. The summed E-state index contributed by atoms with van der Waals surface area (Å²) in [5.74, 6) is 1.98. The van der Waals surface area contributed by atoms with Gasteiger partial charge in [0.15, 0.2) is 23.8 Å². The van der Waals surface area contributed by atoms with Gasteiger partial charge in [0, 0.05) is 25.1 Å². The fourth-order valence-corrected chi connectivity index (χ4v) is 2.90. The minimum absolute atomic E-state index is 0.0945. The SMILES string of the molecule is CN(CC1(CO)CC1)C(=O)c1coc(COc2ccc3c(c2)OCO3)n1. The highest BCUT2D eigenvalue weighted by atomic mass is 16.7. The highest BCUT2D eigenvalue weighted by Crippen LogP contribution is 2.45. The number of nitrogens with zero attached hydrogens (tertiary/aromatic N) is 2. The van der Waals surface area contributed by atoms with E-state index >= 15 is 0 Å². The van der Waals surface area contributed by atoms with Gasteiger partial charge in [0.05, 0.1) is 6.61 Å². The first-order valence-corrected chi connectivity index (χ1v) is 8.42. The van der Waals surface area contributed by atoms with Crippen LogP contribution in [-0.2, 0) is 6.61 Å². The Balaban J connectivity index is 1.34. The van der Waals surface area contributed by atoms with E-state index in [1.807, 2.05) is 0 Å². The number of carbonyl (C=O) groups excluding carboxylic acids is 1. The van der Waals surface area contributed by atoms with Gasteiger partial charge in [-0.2, -0.15) is 0 Å². The van der Waals surface area contributed by atoms with Gasteiger partial charge in [-0.05, 0) is 25.0 Å². The third kappa shape index (κ3) is 3.32. The van der Waals surface area contributed by atoms with Crippen molar-refractivity contribution < 1.29 is 28.5 Å². The summed E-state index contributed by atoms with van der Waals surface area (Å²) in [5, 5.41) is 9.39. The Labute approximate surface area is 150 Å². The molecule has 1 fully saturated rings. The Morgan fingerprint density at radius 2 is 2.15 bits per heavy atom. The molecule has 8 nitrogen and oxygen atoms in total. The molecule has 1 aromatic carbocycles. The molecule has 0 saturated heterocycles. The minimum atomic E-state index is -0.234. The number of ether oxygens (including phenoxy) is 3. The van der Waals surface area contributed by atoms with Gasteiger partial charge in [0.25, 0.3) is 5.91 Å². The zero-order valence-electron chi connectivity index (χ0n) is 14.4. The number of aliphatic hydroxyl groups is 1. The second-order valence-electron chi connectivity index (χ2n) is 6.75. The summed E-state index contributed by atoms with van der Waals surface area (Å²) in [5.41, 5.74) is 0.0879. The van der Waals surface area contributed by atoms with Gasteiger partial charge in [-0.15, -0.1) is 0 Å². The van der Waals surface area contributed by atoms with Crippen LogP contribution in [0.4, 0.5) is 0 Å². The van der Waals surface area contributed by atoms with Crippen LogP contribution in [-0.4, -0.2) is 47.9 Å². The number of hydrogen-bond acceptors (Lipinski definition) is 7. The molecule has 2 aliphatic rings. The summed E-state index contributed by atoms with van der Waals surface area (Å²) in [6.45, 7) is 0.905. The van der Waals surface area contributed by atoms with Crippen molar-refractivity contribution in [3.63, 3.8) is 0 Å². The average Bonchev–Trinajstić information content (AvgIpc) is 3.07. The first-order valence-electron chi connectivity index (χ1n) is 8.42. The van der Waals surface area contributed by atoms with E-state index in [9.17, 15) is 9.90 Å². The van der Waals surface area contributed by atoms with E-state index in [4.69, 9.17) is 18.6 Å². The van der Waals surface area contributed by atoms with Crippen LogP contribution in [0.2, 0.25) is 0 Å². The number of rotatable bonds is 7. The maximum Gasteiger partial charge on any atom is 0.275 e. The molecule has 26 heavy (non-hydrogen) atoms. The topological polar surface area (TPSA) is 94.3 Å². The average molecular weight is 360 g/mol. The van der Waals surface area contributed by atoms with E-state index in [2.05, 4.69) is 4.98 Å². The lowest BCUT2D eigenvalue weighted by Gasteiger charge is -2.21. The third-order valence-corrected chi connectivity index (χ3v) is 4.69. The van der Waals surface area contributed by atoms with E-state index in [0.29, 0.717) is 29.7 Å². The van der Waals surface area contributed by atoms with Crippen molar-refractivity contribution in [2.24, 2.45) is 5.41 Å². The normalized spacial score (nSPS) is 16.4. The van der Waals surface area contributed by atoms with Crippen LogP contribution >= 0.6 is 0 Å². The molecule has 0 unspecified atom stereocenters. The highest BCUT2D eigenvalue weighted by Gasteiger charge is 2.43. The Bertz CT molecular complexity index is 814. The van der Waals surface area contributed by atoms with Crippen molar-refractivity contribution in [3.8, 4) is 17.2 Å². The van der Waals surface area contributed by atoms with Crippen LogP contribution in [0.25, 0.3) is 0 Å². The Morgan fingerprint density at radius 1 is 1.35 bits per heavy atom. The fraction of sp³-hybridized carbons (Fsp3) is 0.444. The standard InChI is InChI=1S/C18H20N2O6/c1-20(9-18(10-21)4-5-18)17(22)13-7-24-16(19-13)8-23-12-2-3-14-15(6-12)26-11-25-14/h2-3,6-7,21H,4-5,8-11H2,1H3. The van der Waals surface area contributed by atoms with Gasteiger partial charge in [-0.25, -0.2) is 4.98 Å². The molecule has 1 aliphatic heterocycles. The number of aromatic nitrogens is 1. The molecule has 1 aliphatic carbocycles. The second-order valence-corrected chi connectivity index (χ2v) is 6.75. The molecule has 1 N–H and O–H groups in total. The summed E-state index contributed by atoms with van der Waals surface area (Å²) in [7, 11) is 1.70. The molecular weight excluding hydrogens is 340 g/mol. The molecule has 0 bridgehead atoms. The van der Waals surface area contributed by atoms with Gasteiger partial charge in [0.2, 0.25) is 12.7 Å². The van der Waals surface area contributed by atoms with Crippen molar-refractivity contribution in [1.29, 1.82) is 0 Å². The molecule has 0 radical (unpaired) electrons. The molecule has 1 amide bonds. The smallest absolute Gasteiger partial charge is 0.275 e. The van der Waals surface area contributed by atoms with E-state index < -0.39 is 0 Å². The van der Waals surface area contributed by atoms with E-state index in [0.717, 1.165) is 12.8 Å². The summed E-state index contributed by atoms with van der Waals surface area (Å²) in [6.07, 6.45) is 3.21. The third-order valence-electron chi connectivity index (χ3n) is 4.69. The lowest BCUT2D eigenvalue weighted by Crippen LogP contribution is -2.34. The summed E-state index contributed by atoms with van der Waals surface area (Å²) in [6, 6.07) is 5.27. The predicted molar refractivity (Wildman–Crippen MR) is 89.1 cm³/mol. The zero-order valence-corrected chi connectivity index (χ0v) is 14.4. The molecule has 1 saturated carbocycles. The van der Waals surface area contributed by atoms with Crippen molar-refractivity contribution in [2.45, 2.75) is 19.4 Å². The van der Waals surface area contributed by atoms with E-state index in [1.165, 1.54) is 6.26 Å². The van der Waals surface area contributed by atoms with Crippen molar-refractivity contribution in [1.82, 2.24) is 9.88 Å². The van der Waals surface area contributed by atoms with Gasteiger partial charge >= 0.3 is 0 Å². The van der Waals surface area contributed by atoms with Crippen LogP contribution in [0.1, 0.15) is 29.2 Å². The first-order chi connectivity index (χ1) is 12.6. The van der Waals surface area contributed by atoms with Crippen molar-refractivity contribution >= 4 is 5.91 Å². The molecular formula is C18H20N2O6. The maximum atomic E-state index is 12.4. The molecule has 2 aromatic rings. The summed E-state index contributed by atoms with van der Waals surface area (Å²) >= 11 is 0. The zero-order chi connectivity index (χ0) is 18.1. The molecule has 4 rings (SSSR count). The van der Waals surface area contributed by atoms with Crippen LogP contribution in [0.3, 0.4) is 0 Å². The largest absolute Gasteiger partial charge is 0.484 e. The molecule has 1 aromatic heterocycles. The number of aliphatic hydroxyl groups excluding tert-OH is 1. The molecule has 0 atom stereocenters. The van der Waals surface area contributed by atoms with Crippen molar-refractivity contribution in [3.05, 3.63) is 36.0 Å². The number of carbonyl (C=O) groups is 1. The quantitative estimate of drug-likeness (QED) is 0.805. The number of fused-ring (bicyclic) bond motifs is 1. The molecule has 8 heteroatoms. The molecule has 2 heterocycles. The van der Waals surface area contributed by atoms with Crippen molar-refractivity contribution in [2.75, 3.05) is 27.0 Å². The van der Waals surface area contributed by atoms with E-state index in [-0.39, 0.29) is 37.0 Å².